The van der Waals surface area contributed by atoms with Gasteiger partial charge in [0.05, 0.1) is 0 Å². The molecular weight excluding hydrogens is 1390 g/mol. The van der Waals surface area contributed by atoms with Crippen molar-refractivity contribution in [2.75, 3.05) is 19.6 Å². The van der Waals surface area contributed by atoms with Gasteiger partial charge in [-0.2, -0.15) is 0 Å². The molecule has 0 saturated carbocycles. The van der Waals surface area contributed by atoms with Gasteiger partial charge in [0.15, 0.2) is 0 Å². The normalized spacial score (nSPS) is 11.7. The number of anilines is 12. The Bertz CT molecular complexity index is 7120. The molecule has 0 unspecified atom stereocenters. The van der Waals surface area contributed by atoms with Gasteiger partial charge in [-0.15, -0.1) is 56.7 Å². The molecule has 4 nitrogen and oxygen atoms in total. The minimum atomic E-state index is 1.14. The van der Waals surface area contributed by atoms with E-state index in [1.54, 1.807) is 0 Å². The maximum Gasteiger partial charge on any atom is 0.0476 e. The minimum absolute atomic E-state index is 1.14. The highest BCUT2D eigenvalue weighted by Crippen LogP contribution is 2.50. The number of hydrogen-bond acceptors (Lipinski definition) is 9. The Morgan fingerprint density at radius 2 is 0.336 bits per heavy atom. The molecule has 0 fully saturated rings. The summed E-state index contributed by atoms with van der Waals surface area (Å²) in [5.41, 5.74) is 13.8. The standard InChI is InChI=1S/C50H32N2S2.C48H30N2S3/c1-2-14-37(15-3-1)51(41-22-25-44-43-16-8-9-17-47(43)53-49(44)31-41)42-23-26-45-46-30-40(24-27-48(46)54-50(45)32-42)52(38-20-18-33-10-4-6-12-35(33)28-38)39-21-19-34-11-5-7-13-36(34)29-39;1-3-11-31(12-4-1)49(33-20-24-45-40(27-33)37-15-7-9-17-43(37)51-45)34-22-26-47-42(29-34)39-23-19-36(30-48(39)53-47)50(32-13-5-2-6-14-32)35-21-25-46-41(28-35)38-16-8-10-18-44(38)52-46/h1-32H;1-30H. The van der Waals surface area contributed by atoms with Crippen LogP contribution >= 0.6 is 56.7 Å². The van der Waals surface area contributed by atoms with E-state index in [1.165, 1.54) is 122 Å². The number of thiophene rings is 5. The van der Waals surface area contributed by atoms with Crippen LogP contribution in [0.15, 0.2) is 376 Å². The fourth-order valence-corrected chi connectivity index (χ4v) is 21.3. The zero-order chi connectivity index (χ0) is 70.5. The second-order valence-corrected chi connectivity index (χ2v) is 32.6. The number of nitrogens with zero attached hydrogens (tertiary/aromatic N) is 4. The van der Waals surface area contributed by atoms with Gasteiger partial charge < -0.3 is 19.6 Å². The summed E-state index contributed by atoms with van der Waals surface area (Å²) >= 11 is 9.31. The molecule has 0 radical (unpaired) electrons. The molecule has 0 spiro atoms. The van der Waals surface area contributed by atoms with Crippen LogP contribution in [0.4, 0.5) is 68.2 Å². The molecule has 0 amide bonds. The highest BCUT2D eigenvalue weighted by Gasteiger charge is 2.23. The quantitative estimate of drug-likeness (QED) is 0.121. The van der Waals surface area contributed by atoms with Gasteiger partial charge in [-0.05, 0) is 210 Å². The van der Waals surface area contributed by atoms with Crippen LogP contribution in [0.3, 0.4) is 0 Å². The van der Waals surface area contributed by atoms with Gasteiger partial charge in [0.2, 0.25) is 0 Å². The van der Waals surface area contributed by atoms with Crippen LogP contribution in [-0.4, -0.2) is 0 Å². The smallest absolute Gasteiger partial charge is 0.0476 e. The second-order valence-electron chi connectivity index (χ2n) is 27.2. The summed E-state index contributed by atoms with van der Waals surface area (Å²) in [4.78, 5) is 9.57. The highest BCUT2D eigenvalue weighted by atomic mass is 32.1. The first-order valence-electron chi connectivity index (χ1n) is 36.0. The van der Waals surface area contributed by atoms with Crippen molar-refractivity contribution in [2.24, 2.45) is 0 Å². The van der Waals surface area contributed by atoms with Crippen molar-refractivity contribution in [1.29, 1.82) is 0 Å². The van der Waals surface area contributed by atoms with Crippen LogP contribution in [0.25, 0.3) is 122 Å². The van der Waals surface area contributed by atoms with E-state index >= 15 is 0 Å². The van der Waals surface area contributed by atoms with Crippen molar-refractivity contribution < 1.29 is 0 Å². The fourth-order valence-electron chi connectivity index (χ4n) is 15.8. The topological polar surface area (TPSA) is 13.0 Å². The van der Waals surface area contributed by atoms with E-state index in [0.29, 0.717) is 0 Å². The molecule has 0 atom stereocenters. The van der Waals surface area contributed by atoms with Crippen LogP contribution in [-0.2, 0) is 0 Å². The molecule has 0 N–H and O–H groups in total. The molecule has 107 heavy (non-hydrogen) atoms. The van der Waals surface area contributed by atoms with Crippen LogP contribution in [0.1, 0.15) is 0 Å². The maximum atomic E-state index is 2.40. The predicted octanol–water partition coefficient (Wildman–Crippen LogP) is 31.4. The fraction of sp³-hybridized carbons (Fsp3) is 0. The zero-order valence-electron chi connectivity index (χ0n) is 57.6. The number of rotatable bonds is 12. The summed E-state index contributed by atoms with van der Waals surface area (Å²) in [5, 5.41) is 17.9. The molecule has 22 rings (SSSR count). The van der Waals surface area contributed by atoms with Crippen LogP contribution in [0, 0.1) is 0 Å². The van der Waals surface area contributed by atoms with E-state index in [1.807, 2.05) is 56.7 Å². The predicted molar refractivity (Wildman–Crippen MR) is 471 cm³/mol. The Labute approximate surface area is 637 Å². The van der Waals surface area contributed by atoms with Gasteiger partial charge in [0.1, 0.15) is 0 Å². The first-order valence-corrected chi connectivity index (χ1v) is 40.1. The lowest BCUT2D eigenvalue weighted by atomic mass is 10.1. The Balaban J connectivity index is 0.000000137. The third kappa shape index (κ3) is 11.3. The number of para-hydroxylation sites is 3. The zero-order valence-corrected chi connectivity index (χ0v) is 61.7. The Hall–Kier alpha value is -12.4. The van der Waals surface area contributed by atoms with Crippen molar-refractivity contribution in [1.82, 2.24) is 0 Å². The summed E-state index contributed by atoms with van der Waals surface area (Å²) in [6, 6.07) is 138. The molecule has 9 heteroatoms. The molecular formula is C98H62N4S5. The minimum Gasteiger partial charge on any atom is -0.310 e. The molecule has 0 aliphatic rings. The maximum absolute atomic E-state index is 2.40. The van der Waals surface area contributed by atoms with E-state index in [-0.39, 0.29) is 0 Å². The van der Waals surface area contributed by atoms with Gasteiger partial charge in [0.25, 0.3) is 0 Å². The van der Waals surface area contributed by atoms with Crippen molar-refractivity contribution in [3.63, 3.8) is 0 Å². The summed E-state index contributed by atoms with van der Waals surface area (Å²) in [6.45, 7) is 0. The van der Waals surface area contributed by atoms with Crippen molar-refractivity contribution in [3.8, 4) is 0 Å². The first kappa shape index (κ1) is 63.1. The third-order valence-electron chi connectivity index (χ3n) is 20.8. The molecule has 0 aliphatic heterocycles. The Morgan fingerprint density at radius 1 is 0.121 bits per heavy atom. The number of fused-ring (bicyclic) bond motifs is 17. The number of hydrogen-bond donors (Lipinski definition) is 0. The summed E-state index contributed by atoms with van der Waals surface area (Å²) in [5.74, 6) is 0. The molecule has 5 aromatic heterocycles. The van der Waals surface area contributed by atoms with Crippen LogP contribution < -0.4 is 19.6 Å². The Kier molecular flexibility index (Phi) is 15.5. The molecule has 0 bridgehead atoms. The van der Waals surface area contributed by atoms with Crippen LogP contribution in [0.5, 0.6) is 0 Å². The molecule has 22 aromatic rings. The molecule has 0 saturated heterocycles. The second kappa shape index (κ2) is 26.3. The molecule has 504 valence electrons. The van der Waals surface area contributed by atoms with E-state index in [9.17, 15) is 0 Å². The van der Waals surface area contributed by atoms with Gasteiger partial charge in [-0.25, -0.2) is 0 Å². The lowest BCUT2D eigenvalue weighted by Gasteiger charge is -2.26. The van der Waals surface area contributed by atoms with Gasteiger partial charge in [-0.1, -0.05) is 188 Å². The highest BCUT2D eigenvalue weighted by molar-refractivity contribution is 7.27. The van der Waals surface area contributed by atoms with E-state index < -0.39 is 0 Å². The summed E-state index contributed by atoms with van der Waals surface area (Å²) < 4.78 is 13.0. The van der Waals surface area contributed by atoms with Gasteiger partial charge in [0, 0.05) is 169 Å². The average Bonchev–Trinajstić information content (AvgIpc) is 1.71. The van der Waals surface area contributed by atoms with E-state index in [4.69, 9.17) is 0 Å². The molecule has 17 aromatic carbocycles. The molecule has 5 heterocycles. The molecule has 0 aliphatic carbocycles. The summed E-state index contributed by atoms with van der Waals surface area (Å²) in [6.07, 6.45) is 0. The van der Waals surface area contributed by atoms with Crippen molar-refractivity contribution in [2.45, 2.75) is 0 Å². The lowest BCUT2D eigenvalue weighted by molar-refractivity contribution is 1.30. The third-order valence-corrected chi connectivity index (χ3v) is 26.5. The number of benzene rings is 17. The van der Waals surface area contributed by atoms with E-state index in [0.717, 1.165) is 68.2 Å². The van der Waals surface area contributed by atoms with Crippen molar-refractivity contribution >= 4 is 247 Å². The van der Waals surface area contributed by atoms with E-state index in [2.05, 4.69) is 396 Å². The largest absolute Gasteiger partial charge is 0.310 e. The van der Waals surface area contributed by atoms with Gasteiger partial charge >= 0.3 is 0 Å². The average molecular weight is 1460 g/mol. The van der Waals surface area contributed by atoms with Crippen LogP contribution in [0.2, 0.25) is 0 Å². The summed E-state index contributed by atoms with van der Waals surface area (Å²) in [7, 11) is 0. The van der Waals surface area contributed by atoms with Gasteiger partial charge in [-0.3, -0.25) is 0 Å². The lowest BCUT2D eigenvalue weighted by Crippen LogP contribution is -2.10. The monoisotopic (exact) mass is 1450 g/mol. The first-order chi connectivity index (χ1) is 53.0. The van der Waals surface area contributed by atoms with Crippen molar-refractivity contribution in [3.05, 3.63) is 376 Å². The SMILES string of the molecule is c1ccc(N(c2ccc3c(c2)sc2ccc(N(c4ccccc4)c4ccc5sc6ccccc6c5c4)cc23)c2ccc3sc4ccccc4c3c2)cc1.c1ccc(N(c2ccc3c(c2)sc2ccccc23)c2ccc3c(c2)sc2ccc(N(c4ccc5ccccc5c4)c4ccc5ccccc5c4)cc23)cc1. The Morgan fingerprint density at radius 3 is 0.682 bits per heavy atom.